The van der Waals surface area contributed by atoms with E-state index in [0.717, 1.165) is 25.8 Å². The summed E-state index contributed by atoms with van der Waals surface area (Å²) in [5, 5.41) is -0.359. The van der Waals surface area contributed by atoms with Gasteiger partial charge >= 0.3 is 0 Å². The predicted octanol–water partition coefficient (Wildman–Crippen LogP) is 4.95. The average molecular weight is 543 g/mol. The van der Waals surface area contributed by atoms with Gasteiger partial charge in [0, 0.05) is 0 Å². The second-order valence-corrected chi connectivity index (χ2v) is 8.26. The predicted molar refractivity (Wildman–Crippen MR) is 121 cm³/mol. The third kappa shape index (κ3) is 5.25. The van der Waals surface area contributed by atoms with Crippen LogP contribution in [0.2, 0.25) is 0 Å². The molecule has 0 saturated carbocycles. The Morgan fingerprint density at radius 3 is 2.57 bits per heavy atom. The third-order valence-electron chi connectivity index (χ3n) is 4.10. The fourth-order valence-electron chi connectivity index (χ4n) is 2.76. The molecule has 30 heavy (non-hydrogen) atoms. The molecule has 0 unspecified atom stereocenters. The van der Waals surface area contributed by atoms with Crippen LogP contribution in [-0.4, -0.2) is 42.9 Å². The molecule has 0 spiro atoms. The first-order valence-corrected chi connectivity index (χ1v) is 11.0. The summed E-state index contributed by atoms with van der Waals surface area (Å²) in [6, 6.07) is 9.17. The Hall–Kier alpha value is -2.27. The van der Waals surface area contributed by atoms with Crippen LogP contribution in [0.4, 0.5) is 9.18 Å². The lowest BCUT2D eigenvalue weighted by molar-refractivity contribution is -0.123. The number of hydrogen-bond acceptors (Lipinski definition) is 6. The molecule has 0 aromatic heterocycles. The van der Waals surface area contributed by atoms with E-state index in [1.165, 1.54) is 24.3 Å². The van der Waals surface area contributed by atoms with E-state index in [1.54, 1.807) is 19.3 Å². The van der Waals surface area contributed by atoms with E-state index in [4.69, 9.17) is 14.2 Å². The van der Waals surface area contributed by atoms with E-state index in [0.29, 0.717) is 28.8 Å². The lowest BCUT2D eigenvalue weighted by atomic mass is 10.2. The fourth-order valence-corrected chi connectivity index (χ4v) is 4.47. The van der Waals surface area contributed by atoms with Gasteiger partial charge in [-0.15, -0.1) is 0 Å². The topological polar surface area (TPSA) is 65.1 Å². The molecular formula is C21H19FINO5S. The highest BCUT2D eigenvalue weighted by Crippen LogP contribution is 2.37. The van der Waals surface area contributed by atoms with Crippen LogP contribution >= 0.6 is 34.4 Å². The molecule has 2 aromatic rings. The number of methoxy groups -OCH3 is 1. The monoisotopic (exact) mass is 543 g/mol. The van der Waals surface area contributed by atoms with Crippen LogP contribution in [0.15, 0.2) is 41.3 Å². The summed E-state index contributed by atoms with van der Waals surface area (Å²) in [4.78, 5) is 26.4. The Labute approximate surface area is 191 Å². The number of carbonyl (C=O) groups excluding carboxylic acids is 2. The molecule has 1 heterocycles. The standard InChI is InChI=1S/C21H19FINO5S/c1-3-28-17-11-13(10-16(23)19(17)27-2)12-18-20(25)24(21(26)30-18)8-9-29-15-6-4-14(22)5-7-15/h4-7,10-12H,3,8-9H2,1-2H3/b18-12-. The first kappa shape index (κ1) is 22.4. The van der Waals surface area contributed by atoms with Crippen LogP contribution in [-0.2, 0) is 4.79 Å². The van der Waals surface area contributed by atoms with Crippen molar-refractivity contribution in [3.63, 3.8) is 0 Å². The van der Waals surface area contributed by atoms with E-state index in [2.05, 4.69) is 22.6 Å². The first-order chi connectivity index (χ1) is 14.4. The SMILES string of the molecule is CCOc1cc(/C=C2\SC(=O)N(CCOc3ccc(F)cc3)C2=O)cc(I)c1OC. The summed E-state index contributed by atoms with van der Waals surface area (Å²) in [5.74, 6) is 0.927. The second kappa shape index (κ2) is 10.2. The number of ether oxygens (including phenoxy) is 3. The summed E-state index contributed by atoms with van der Waals surface area (Å²) in [7, 11) is 1.57. The molecule has 1 aliphatic heterocycles. The highest BCUT2D eigenvalue weighted by molar-refractivity contribution is 14.1. The molecule has 3 rings (SSSR count). The Balaban J connectivity index is 1.70. The van der Waals surface area contributed by atoms with Crippen molar-refractivity contribution in [3.05, 3.63) is 56.3 Å². The smallest absolute Gasteiger partial charge is 0.293 e. The number of benzene rings is 2. The summed E-state index contributed by atoms with van der Waals surface area (Å²) in [5.41, 5.74) is 0.733. The van der Waals surface area contributed by atoms with Crippen molar-refractivity contribution in [2.24, 2.45) is 0 Å². The molecule has 0 radical (unpaired) electrons. The minimum Gasteiger partial charge on any atom is -0.492 e. The van der Waals surface area contributed by atoms with Crippen LogP contribution in [0, 0.1) is 9.39 Å². The molecule has 2 amide bonds. The molecule has 1 fully saturated rings. The van der Waals surface area contributed by atoms with Crippen LogP contribution in [0.25, 0.3) is 6.08 Å². The molecule has 0 aliphatic carbocycles. The lowest BCUT2D eigenvalue weighted by Gasteiger charge is -2.13. The number of nitrogens with zero attached hydrogens (tertiary/aromatic N) is 1. The Morgan fingerprint density at radius 1 is 1.17 bits per heavy atom. The number of rotatable bonds is 8. The third-order valence-corrected chi connectivity index (χ3v) is 5.81. The molecule has 6 nitrogen and oxygen atoms in total. The zero-order valence-corrected chi connectivity index (χ0v) is 19.3. The maximum Gasteiger partial charge on any atom is 0.293 e. The first-order valence-electron chi connectivity index (χ1n) is 9.07. The molecule has 0 bridgehead atoms. The molecule has 0 atom stereocenters. The van der Waals surface area contributed by atoms with Gasteiger partial charge in [-0.1, -0.05) is 0 Å². The van der Waals surface area contributed by atoms with Crippen molar-refractivity contribution in [1.29, 1.82) is 0 Å². The van der Waals surface area contributed by atoms with Gasteiger partial charge in [0.05, 0.1) is 28.7 Å². The van der Waals surface area contributed by atoms with E-state index >= 15 is 0 Å². The Morgan fingerprint density at radius 2 is 1.90 bits per heavy atom. The number of carbonyl (C=O) groups is 2. The van der Waals surface area contributed by atoms with Gasteiger partial charge in [0.15, 0.2) is 11.5 Å². The highest BCUT2D eigenvalue weighted by atomic mass is 127. The zero-order chi connectivity index (χ0) is 21.7. The minimum atomic E-state index is -0.378. The zero-order valence-electron chi connectivity index (χ0n) is 16.3. The maximum absolute atomic E-state index is 12.9. The van der Waals surface area contributed by atoms with E-state index in [-0.39, 0.29) is 30.1 Å². The van der Waals surface area contributed by atoms with Crippen LogP contribution in [0.3, 0.4) is 0 Å². The molecule has 2 aromatic carbocycles. The molecule has 1 aliphatic rings. The van der Waals surface area contributed by atoms with Gasteiger partial charge in [-0.2, -0.15) is 0 Å². The number of halogens is 2. The normalized spacial score (nSPS) is 15.1. The second-order valence-electron chi connectivity index (χ2n) is 6.10. The summed E-state index contributed by atoms with van der Waals surface area (Å²) < 4.78 is 30.2. The van der Waals surface area contributed by atoms with Crippen molar-refractivity contribution in [3.8, 4) is 17.2 Å². The van der Waals surface area contributed by atoms with Crippen molar-refractivity contribution in [2.45, 2.75) is 6.92 Å². The van der Waals surface area contributed by atoms with Gasteiger partial charge in [-0.3, -0.25) is 14.5 Å². The van der Waals surface area contributed by atoms with Crippen molar-refractivity contribution in [1.82, 2.24) is 4.90 Å². The largest absolute Gasteiger partial charge is 0.492 e. The van der Waals surface area contributed by atoms with E-state index in [9.17, 15) is 14.0 Å². The number of thioether (sulfide) groups is 1. The van der Waals surface area contributed by atoms with Crippen molar-refractivity contribution in [2.75, 3.05) is 26.9 Å². The van der Waals surface area contributed by atoms with Gasteiger partial charge in [0.2, 0.25) is 0 Å². The van der Waals surface area contributed by atoms with E-state index < -0.39 is 0 Å². The number of hydrogen-bond donors (Lipinski definition) is 0. The summed E-state index contributed by atoms with van der Waals surface area (Å²) >= 11 is 3.01. The highest BCUT2D eigenvalue weighted by Gasteiger charge is 2.34. The minimum absolute atomic E-state index is 0.101. The Kier molecular flexibility index (Phi) is 7.59. The average Bonchev–Trinajstić information content (AvgIpc) is 2.97. The fraction of sp³-hybridized carbons (Fsp3) is 0.238. The molecule has 0 N–H and O–H groups in total. The molecule has 9 heteroatoms. The Bertz CT molecular complexity index is 980. The van der Waals surface area contributed by atoms with Crippen molar-refractivity contribution < 1.29 is 28.2 Å². The maximum atomic E-state index is 12.9. The van der Waals surface area contributed by atoms with E-state index in [1.807, 2.05) is 13.0 Å². The molecular weight excluding hydrogens is 524 g/mol. The van der Waals surface area contributed by atoms with Gasteiger partial charge in [-0.25, -0.2) is 4.39 Å². The van der Waals surface area contributed by atoms with Crippen LogP contribution < -0.4 is 14.2 Å². The summed E-state index contributed by atoms with van der Waals surface area (Å²) in [6.07, 6.45) is 1.66. The molecule has 1 saturated heterocycles. The van der Waals surface area contributed by atoms with Crippen molar-refractivity contribution >= 4 is 51.6 Å². The van der Waals surface area contributed by atoms with Gasteiger partial charge < -0.3 is 14.2 Å². The molecule has 158 valence electrons. The van der Waals surface area contributed by atoms with Gasteiger partial charge in [0.25, 0.3) is 11.1 Å². The van der Waals surface area contributed by atoms with Crippen LogP contribution in [0.1, 0.15) is 12.5 Å². The summed E-state index contributed by atoms with van der Waals surface area (Å²) in [6.45, 7) is 2.56. The van der Waals surface area contributed by atoms with Crippen LogP contribution in [0.5, 0.6) is 17.2 Å². The quantitative estimate of drug-likeness (QED) is 0.347. The lowest BCUT2D eigenvalue weighted by Crippen LogP contribution is -2.32. The van der Waals surface area contributed by atoms with Gasteiger partial charge in [-0.05, 0) is 89.3 Å². The van der Waals surface area contributed by atoms with Gasteiger partial charge in [0.1, 0.15) is 18.2 Å². The number of amides is 2. The number of imide groups is 1.